The molecule has 1 aromatic carbocycles. The Hall–Kier alpha value is -2.77. The quantitative estimate of drug-likeness (QED) is 0.639. The summed E-state index contributed by atoms with van der Waals surface area (Å²) in [4.78, 5) is 37.9. The highest BCUT2D eigenvalue weighted by atomic mass is 16.6. The number of nitrogens with one attached hydrogen (secondary N) is 2. The Balaban J connectivity index is 1.60. The third kappa shape index (κ3) is 9.16. The van der Waals surface area contributed by atoms with Crippen LogP contribution in [0.5, 0.6) is 5.75 Å². The van der Waals surface area contributed by atoms with Crippen molar-refractivity contribution in [3.8, 4) is 5.75 Å². The van der Waals surface area contributed by atoms with Gasteiger partial charge in [-0.25, -0.2) is 4.79 Å². The average Bonchev–Trinajstić information content (AvgIpc) is 2.70. The largest absolute Gasteiger partial charge is 0.484 e. The van der Waals surface area contributed by atoms with E-state index in [4.69, 9.17) is 9.47 Å². The lowest BCUT2D eigenvalue weighted by molar-refractivity contribution is -0.135. The Morgan fingerprint density at radius 1 is 1.09 bits per heavy atom. The molecule has 0 saturated carbocycles. The zero-order valence-electron chi connectivity index (χ0n) is 20.0. The predicted octanol–water partition coefficient (Wildman–Crippen LogP) is 2.95. The number of aryl methyl sites for hydroxylation is 2. The van der Waals surface area contributed by atoms with E-state index in [1.54, 1.807) is 20.8 Å². The summed E-state index contributed by atoms with van der Waals surface area (Å²) < 4.78 is 10.8. The smallest absolute Gasteiger partial charge is 0.407 e. The molecule has 1 saturated heterocycles. The Bertz CT molecular complexity index is 795. The van der Waals surface area contributed by atoms with Gasteiger partial charge in [0.1, 0.15) is 11.4 Å². The van der Waals surface area contributed by atoms with Crippen LogP contribution in [0.3, 0.4) is 0 Å². The van der Waals surface area contributed by atoms with E-state index in [9.17, 15) is 14.4 Å². The Morgan fingerprint density at radius 2 is 1.78 bits per heavy atom. The highest BCUT2D eigenvalue weighted by Crippen LogP contribution is 2.20. The number of rotatable bonds is 8. The molecular formula is C24H37N3O5. The molecule has 1 fully saturated rings. The summed E-state index contributed by atoms with van der Waals surface area (Å²) in [6.07, 6.45) is 1.35. The summed E-state index contributed by atoms with van der Waals surface area (Å²) >= 11 is 0. The number of hydrogen-bond acceptors (Lipinski definition) is 5. The zero-order chi connectivity index (χ0) is 23.7. The van der Waals surface area contributed by atoms with E-state index in [0.29, 0.717) is 25.6 Å². The molecule has 178 valence electrons. The molecule has 0 unspecified atom stereocenters. The second-order valence-corrected chi connectivity index (χ2v) is 9.36. The van der Waals surface area contributed by atoms with Gasteiger partial charge >= 0.3 is 6.09 Å². The number of nitrogens with zero attached hydrogens (tertiary/aromatic N) is 1. The predicted molar refractivity (Wildman–Crippen MR) is 123 cm³/mol. The molecule has 2 rings (SSSR count). The van der Waals surface area contributed by atoms with Crippen LogP contribution in [0.25, 0.3) is 0 Å². The molecule has 0 atom stereocenters. The molecule has 0 aliphatic carbocycles. The van der Waals surface area contributed by atoms with Gasteiger partial charge in [-0.3, -0.25) is 9.59 Å². The molecule has 0 aromatic heterocycles. The standard InChI is InChI=1S/C24H37N3O5/c1-17-6-7-20(18(2)14-17)31-16-22(29)27-12-9-19(10-13-27)15-26-21(28)8-11-25-23(30)32-24(3,4)5/h6-7,14,19H,8-13,15-16H2,1-5H3,(H,25,30)(H,26,28). The summed E-state index contributed by atoms with van der Waals surface area (Å²) in [5.74, 6) is 0.951. The topological polar surface area (TPSA) is 97.0 Å². The first-order chi connectivity index (χ1) is 15.0. The van der Waals surface area contributed by atoms with E-state index in [1.807, 2.05) is 36.9 Å². The highest BCUT2D eigenvalue weighted by Gasteiger charge is 2.23. The van der Waals surface area contributed by atoms with E-state index >= 15 is 0 Å². The van der Waals surface area contributed by atoms with Crippen molar-refractivity contribution >= 4 is 17.9 Å². The molecule has 8 nitrogen and oxygen atoms in total. The zero-order valence-corrected chi connectivity index (χ0v) is 20.0. The van der Waals surface area contributed by atoms with Crippen LogP contribution in [0.1, 0.15) is 51.2 Å². The van der Waals surface area contributed by atoms with Crippen LogP contribution in [0.15, 0.2) is 18.2 Å². The van der Waals surface area contributed by atoms with Gasteiger partial charge in [0.2, 0.25) is 5.91 Å². The molecule has 1 aliphatic heterocycles. The van der Waals surface area contributed by atoms with Gasteiger partial charge in [0.15, 0.2) is 6.61 Å². The SMILES string of the molecule is Cc1ccc(OCC(=O)N2CCC(CNC(=O)CCNC(=O)OC(C)(C)C)CC2)c(C)c1. The van der Waals surface area contributed by atoms with E-state index in [0.717, 1.165) is 29.7 Å². The third-order valence-corrected chi connectivity index (χ3v) is 5.26. The van der Waals surface area contributed by atoms with Crippen molar-refractivity contribution in [1.29, 1.82) is 0 Å². The van der Waals surface area contributed by atoms with E-state index < -0.39 is 11.7 Å². The van der Waals surface area contributed by atoms with Crippen molar-refractivity contribution in [1.82, 2.24) is 15.5 Å². The molecule has 1 aromatic rings. The molecule has 1 aliphatic rings. The van der Waals surface area contributed by atoms with Crippen LogP contribution in [-0.4, -0.2) is 61.2 Å². The highest BCUT2D eigenvalue weighted by molar-refractivity contribution is 5.78. The van der Waals surface area contributed by atoms with Gasteiger partial charge in [-0.1, -0.05) is 17.7 Å². The number of likely N-dealkylation sites (tertiary alicyclic amines) is 1. The van der Waals surface area contributed by atoms with Crippen molar-refractivity contribution in [2.75, 3.05) is 32.8 Å². The maximum atomic E-state index is 12.5. The summed E-state index contributed by atoms with van der Waals surface area (Å²) in [6, 6.07) is 5.91. The third-order valence-electron chi connectivity index (χ3n) is 5.26. The molecule has 2 N–H and O–H groups in total. The first-order valence-electron chi connectivity index (χ1n) is 11.2. The maximum absolute atomic E-state index is 12.5. The second-order valence-electron chi connectivity index (χ2n) is 9.36. The minimum absolute atomic E-state index is 0.0133. The van der Waals surface area contributed by atoms with Gasteiger partial charge in [0, 0.05) is 32.6 Å². The van der Waals surface area contributed by atoms with Crippen LogP contribution in [0.2, 0.25) is 0 Å². The summed E-state index contributed by atoms with van der Waals surface area (Å²) in [7, 11) is 0. The second kappa shape index (κ2) is 11.7. The van der Waals surface area contributed by atoms with Gasteiger partial charge in [-0.15, -0.1) is 0 Å². The molecule has 0 radical (unpaired) electrons. The van der Waals surface area contributed by atoms with Crippen LogP contribution in [-0.2, 0) is 14.3 Å². The molecule has 0 spiro atoms. The number of amides is 3. The Labute approximate surface area is 191 Å². The molecule has 1 heterocycles. The maximum Gasteiger partial charge on any atom is 0.407 e. The minimum Gasteiger partial charge on any atom is -0.484 e. The molecule has 0 bridgehead atoms. The lowest BCUT2D eigenvalue weighted by Gasteiger charge is -2.32. The lowest BCUT2D eigenvalue weighted by atomic mass is 9.96. The Kier molecular flexibility index (Phi) is 9.35. The summed E-state index contributed by atoms with van der Waals surface area (Å²) in [5.41, 5.74) is 1.62. The molecule has 8 heteroatoms. The van der Waals surface area contributed by atoms with Gasteiger partial charge in [-0.05, 0) is 65.0 Å². The van der Waals surface area contributed by atoms with E-state index in [2.05, 4.69) is 10.6 Å². The number of hydrogen-bond donors (Lipinski definition) is 2. The minimum atomic E-state index is -0.561. The van der Waals surface area contributed by atoms with E-state index in [1.165, 1.54) is 0 Å². The van der Waals surface area contributed by atoms with Crippen LogP contribution >= 0.6 is 0 Å². The van der Waals surface area contributed by atoms with Gasteiger partial charge in [0.25, 0.3) is 5.91 Å². The fraction of sp³-hybridized carbons (Fsp3) is 0.625. The molecular weight excluding hydrogens is 410 g/mol. The van der Waals surface area contributed by atoms with Crippen molar-refractivity contribution in [2.45, 2.75) is 59.5 Å². The molecule has 3 amide bonds. The van der Waals surface area contributed by atoms with Gasteiger partial charge < -0.3 is 25.0 Å². The number of carbonyl (C=O) groups is 3. The average molecular weight is 448 g/mol. The lowest BCUT2D eigenvalue weighted by Crippen LogP contribution is -2.43. The number of alkyl carbamates (subject to hydrolysis) is 1. The van der Waals surface area contributed by atoms with Crippen molar-refractivity contribution in [2.24, 2.45) is 5.92 Å². The monoisotopic (exact) mass is 447 g/mol. The summed E-state index contributed by atoms with van der Waals surface area (Å²) in [6.45, 7) is 11.5. The van der Waals surface area contributed by atoms with Crippen LogP contribution in [0, 0.1) is 19.8 Å². The molecule has 32 heavy (non-hydrogen) atoms. The van der Waals surface area contributed by atoms with Crippen LogP contribution < -0.4 is 15.4 Å². The van der Waals surface area contributed by atoms with Gasteiger partial charge in [0.05, 0.1) is 0 Å². The first kappa shape index (κ1) is 25.5. The number of ether oxygens (including phenoxy) is 2. The number of carbonyl (C=O) groups excluding carboxylic acids is 3. The van der Waals surface area contributed by atoms with Gasteiger partial charge in [-0.2, -0.15) is 0 Å². The van der Waals surface area contributed by atoms with E-state index in [-0.39, 0.29) is 31.4 Å². The van der Waals surface area contributed by atoms with Crippen molar-refractivity contribution in [3.63, 3.8) is 0 Å². The normalized spacial score (nSPS) is 14.6. The summed E-state index contributed by atoms with van der Waals surface area (Å²) in [5, 5.41) is 5.49. The fourth-order valence-corrected chi connectivity index (χ4v) is 3.52. The van der Waals surface area contributed by atoms with Crippen LogP contribution in [0.4, 0.5) is 4.79 Å². The van der Waals surface area contributed by atoms with Crippen molar-refractivity contribution in [3.05, 3.63) is 29.3 Å². The number of benzene rings is 1. The van der Waals surface area contributed by atoms with Crippen molar-refractivity contribution < 1.29 is 23.9 Å². The fourth-order valence-electron chi connectivity index (χ4n) is 3.52. The first-order valence-corrected chi connectivity index (χ1v) is 11.2. The Morgan fingerprint density at radius 3 is 2.41 bits per heavy atom. The number of piperidine rings is 1.